The van der Waals surface area contributed by atoms with E-state index < -0.39 is 36.9 Å². The Morgan fingerprint density at radius 2 is 1.87 bits per heavy atom. The van der Waals surface area contributed by atoms with Crippen LogP contribution in [0.15, 0.2) is 18.3 Å². The largest absolute Gasteiger partial charge is 0.463 e. The molecule has 0 spiro atoms. The fraction of sp³-hybridized carbons (Fsp3) is 0.720. The molecule has 224 valence electrons. The minimum Gasteiger partial charge on any atom is -0.463 e. The van der Waals surface area contributed by atoms with Crippen molar-refractivity contribution < 1.29 is 42.4 Å². The summed E-state index contributed by atoms with van der Waals surface area (Å²) in [7, 11) is 3.87. The van der Waals surface area contributed by atoms with Crippen molar-refractivity contribution in [3.63, 3.8) is 0 Å². The number of aliphatic hydroxyl groups excluding tert-OH is 2. The molecule has 0 aliphatic rings. The van der Waals surface area contributed by atoms with Crippen LogP contribution in [-0.4, -0.2) is 108 Å². The van der Waals surface area contributed by atoms with Crippen LogP contribution in [0, 0.1) is 0 Å². The number of carbonyl (C=O) groups excluding carboxylic acids is 2. The highest BCUT2D eigenvalue weighted by molar-refractivity contribution is 5.78. The lowest BCUT2D eigenvalue weighted by Gasteiger charge is -2.23. The zero-order chi connectivity index (χ0) is 29.6. The molecule has 0 aliphatic carbocycles. The van der Waals surface area contributed by atoms with Crippen molar-refractivity contribution in [2.24, 2.45) is 0 Å². The van der Waals surface area contributed by atoms with E-state index in [1.807, 2.05) is 31.2 Å². The van der Waals surface area contributed by atoms with Gasteiger partial charge < -0.3 is 34.8 Å². The number of halogens is 3. The van der Waals surface area contributed by atoms with E-state index >= 15 is 0 Å². The molecule has 3 atom stereocenters. The molecule has 11 nitrogen and oxygen atoms in total. The normalized spacial score (nSPS) is 14.4. The van der Waals surface area contributed by atoms with Crippen LogP contribution < -0.4 is 10.6 Å². The first-order chi connectivity index (χ1) is 18.2. The van der Waals surface area contributed by atoms with E-state index in [4.69, 9.17) is 14.6 Å². The van der Waals surface area contributed by atoms with E-state index in [2.05, 4.69) is 10.3 Å². The smallest absolute Gasteiger partial charge is 0.427 e. The van der Waals surface area contributed by atoms with E-state index in [1.165, 1.54) is 12.3 Å². The van der Waals surface area contributed by atoms with E-state index in [-0.39, 0.29) is 38.4 Å². The first-order valence-corrected chi connectivity index (χ1v) is 12.8. The van der Waals surface area contributed by atoms with Gasteiger partial charge >= 0.3 is 12.1 Å². The number of hydrogen-bond donors (Lipinski definition) is 4. The van der Waals surface area contributed by atoms with Gasteiger partial charge in [0.15, 0.2) is 6.29 Å². The molecule has 1 amide bonds. The Balaban J connectivity index is 2.75. The van der Waals surface area contributed by atoms with Gasteiger partial charge in [-0.2, -0.15) is 13.2 Å². The van der Waals surface area contributed by atoms with Gasteiger partial charge in [-0.05, 0) is 53.4 Å². The van der Waals surface area contributed by atoms with Crippen LogP contribution in [0.2, 0.25) is 0 Å². The third-order valence-electron chi connectivity index (χ3n) is 5.46. The van der Waals surface area contributed by atoms with Crippen LogP contribution in [0.1, 0.15) is 51.2 Å². The molecule has 14 heteroatoms. The fourth-order valence-electron chi connectivity index (χ4n) is 3.41. The number of nitrogens with one attached hydrogen (secondary N) is 2. The van der Waals surface area contributed by atoms with Crippen molar-refractivity contribution in [2.75, 3.05) is 46.8 Å². The van der Waals surface area contributed by atoms with Crippen molar-refractivity contribution in [1.82, 2.24) is 25.4 Å². The number of carbonyl (C=O) groups is 2. The van der Waals surface area contributed by atoms with Gasteiger partial charge in [-0.1, -0.05) is 0 Å². The average Bonchev–Trinajstić information content (AvgIpc) is 2.83. The predicted octanol–water partition coefficient (Wildman–Crippen LogP) is 1.16. The summed E-state index contributed by atoms with van der Waals surface area (Å²) in [5.74, 6) is -0.700. The lowest BCUT2D eigenvalue weighted by molar-refractivity contribution is -0.214. The summed E-state index contributed by atoms with van der Waals surface area (Å²) in [5.41, 5.74) is 0.824. The Morgan fingerprint density at radius 1 is 1.18 bits per heavy atom. The number of ether oxygens (including phenoxy) is 2. The molecule has 1 rings (SSSR count). The van der Waals surface area contributed by atoms with E-state index in [1.54, 1.807) is 24.8 Å². The van der Waals surface area contributed by atoms with Crippen molar-refractivity contribution in [1.29, 1.82) is 0 Å². The van der Waals surface area contributed by atoms with Gasteiger partial charge in [0.2, 0.25) is 12.1 Å². The van der Waals surface area contributed by atoms with Crippen LogP contribution in [0.5, 0.6) is 0 Å². The van der Waals surface area contributed by atoms with Gasteiger partial charge in [-0.15, -0.1) is 0 Å². The number of nitrogens with zero attached hydrogens (tertiary/aromatic N) is 3. The maximum absolute atomic E-state index is 12.6. The number of alkyl halides is 3. The minimum atomic E-state index is -4.85. The molecule has 1 aromatic rings. The number of aliphatic hydroxyl groups is 2. The number of esters is 1. The highest BCUT2D eigenvalue weighted by Crippen LogP contribution is 2.21. The molecule has 0 bridgehead atoms. The van der Waals surface area contributed by atoms with Gasteiger partial charge in [0.25, 0.3) is 0 Å². The Hall–Kier alpha value is -2.36. The quantitative estimate of drug-likeness (QED) is 0.152. The van der Waals surface area contributed by atoms with Crippen LogP contribution in [0.3, 0.4) is 0 Å². The van der Waals surface area contributed by atoms with Crippen LogP contribution in [0.25, 0.3) is 0 Å². The number of aromatic nitrogens is 1. The topological polar surface area (TPSA) is 136 Å². The first-order valence-electron chi connectivity index (χ1n) is 12.8. The van der Waals surface area contributed by atoms with Gasteiger partial charge in [0.05, 0.1) is 30.9 Å². The summed E-state index contributed by atoms with van der Waals surface area (Å²) in [6, 6.07) is 3.05. The lowest BCUT2D eigenvalue weighted by Crippen LogP contribution is -2.43. The molecular formula is C25H42F3N5O6. The van der Waals surface area contributed by atoms with Gasteiger partial charge in [0, 0.05) is 44.5 Å². The SMILES string of the molecule is CCN(CCN(C)C)C(=O)CNCc1cc(C(O)OC(CCNC(O)C(F)(F)F)CC(=O)OC(C)C)ccn1. The fourth-order valence-corrected chi connectivity index (χ4v) is 3.41. The molecule has 1 aromatic heterocycles. The summed E-state index contributed by atoms with van der Waals surface area (Å²) in [4.78, 5) is 32.5. The van der Waals surface area contributed by atoms with Gasteiger partial charge in [-0.3, -0.25) is 19.9 Å². The Bertz CT molecular complexity index is 875. The van der Waals surface area contributed by atoms with E-state index in [0.717, 1.165) is 6.54 Å². The average molecular weight is 566 g/mol. The van der Waals surface area contributed by atoms with Gasteiger partial charge in [-0.25, -0.2) is 0 Å². The summed E-state index contributed by atoms with van der Waals surface area (Å²) in [5, 5.41) is 24.7. The molecule has 1 heterocycles. The maximum atomic E-state index is 12.6. The maximum Gasteiger partial charge on any atom is 0.427 e. The molecule has 0 aromatic carbocycles. The summed E-state index contributed by atoms with van der Waals surface area (Å²) >= 11 is 0. The summed E-state index contributed by atoms with van der Waals surface area (Å²) in [6.45, 7) is 7.14. The van der Waals surface area contributed by atoms with Gasteiger partial charge in [0.1, 0.15) is 0 Å². The number of likely N-dealkylation sites (N-methyl/N-ethyl adjacent to an activating group) is 2. The van der Waals surface area contributed by atoms with Crippen molar-refractivity contribution >= 4 is 11.9 Å². The second kappa shape index (κ2) is 17.4. The Morgan fingerprint density at radius 3 is 2.46 bits per heavy atom. The molecule has 0 fully saturated rings. The third kappa shape index (κ3) is 14.6. The molecule has 0 radical (unpaired) electrons. The number of pyridine rings is 1. The van der Waals surface area contributed by atoms with Crippen molar-refractivity contribution in [2.45, 2.75) is 71.1 Å². The zero-order valence-corrected chi connectivity index (χ0v) is 23.2. The Labute approximate surface area is 227 Å². The lowest BCUT2D eigenvalue weighted by atomic mass is 10.1. The first kappa shape index (κ1) is 34.7. The minimum absolute atomic E-state index is 0.0563. The van der Waals surface area contributed by atoms with E-state index in [9.17, 15) is 27.9 Å². The standard InChI is InChI=1S/C25H42F3N5O6/c1-6-33(12-11-32(4)5)21(34)16-29-15-19-13-18(7-9-30-19)23(36)39-20(14-22(35)38-17(2)3)8-10-31-24(37)25(26,27)28/h7,9,13,17,20,23-24,29,31,36-37H,6,8,10-12,14-16H2,1-5H3. The van der Waals surface area contributed by atoms with Crippen molar-refractivity contribution in [3.8, 4) is 0 Å². The molecule has 39 heavy (non-hydrogen) atoms. The number of rotatable bonds is 18. The molecule has 0 aliphatic heterocycles. The summed E-state index contributed by atoms with van der Waals surface area (Å²) < 4.78 is 48.3. The highest BCUT2D eigenvalue weighted by atomic mass is 19.4. The number of amides is 1. The second-order valence-electron chi connectivity index (χ2n) is 9.50. The second-order valence-corrected chi connectivity index (χ2v) is 9.50. The van der Waals surface area contributed by atoms with Crippen molar-refractivity contribution in [3.05, 3.63) is 29.6 Å². The molecule has 0 saturated heterocycles. The predicted molar refractivity (Wildman–Crippen MR) is 137 cm³/mol. The monoisotopic (exact) mass is 565 g/mol. The summed E-state index contributed by atoms with van der Waals surface area (Å²) in [6.07, 6.45) is -9.51. The molecule has 4 N–H and O–H groups in total. The molecular weight excluding hydrogens is 523 g/mol. The van der Waals surface area contributed by atoms with Crippen LogP contribution in [0.4, 0.5) is 13.2 Å². The third-order valence-corrected chi connectivity index (χ3v) is 5.46. The zero-order valence-electron chi connectivity index (χ0n) is 23.2. The molecule has 0 saturated carbocycles. The molecule has 3 unspecified atom stereocenters. The van der Waals surface area contributed by atoms with Crippen LogP contribution in [-0.2, 0) is 25.6 Å². The van der Waals surface area contributed by atoms with Crippen LogP contribution >= 0.6 is 0 Å². The Kier molecular flexibility index (Phi) is 15.4. The number of hydrogen-bond acceptors (Lipinski definition) is 10. The van der Waals surface area contributed by atoms with E-state index in [0.29, 0.717) is 24.3 Å². The highest BCUT2D eigenvalue weighted by Gasteiger charge is 2.38.